The number of hydrogen-bond donors (Lipinski definition) is 2. The molecule has 3 aromatic carbocycles. The van der Waals surface area contributed by atoms with Crippen LogP contribution in [-0.4, -0.2) is 18.4 Å². The molecular weight excluding hydrogens is 328 g/mol. The predicted octanol–water partition coefficient (Wildman–Crippen LogP) is 3.47. The average Bonchev–Trinajstić information content (AvgIpc) is 2.68. The normalized spacial score (nSPS) is 10.2. The molecule has 3 aromatic rings. The largest absolute Gasteiger partial charge is 0.484 e. The Morgan fingerprint density at radius 2 is 1.42 bits per heavy atom. The molecule has 5 nitrogen and oxygen atoms in total. The van der Waals surface area contributed by atoms with E-state index in [1.54, 1.807) is 24.3 Å². The fourth-order valence-corrected chi connectivity index (χ4v) is 2.44. The van der Waals surface area contributed by atoms with Crippen LogP contribution < -0.4 is 15.8 Å². The summed E-state index contributed by atoms with van der Waals surface area (Å²) in [6.07, 6.45) is 0. The summed E-state index contributed by atoms with van der Waals surface area (Å²) in [5, 5.41) is 2.70. The Morgan fingerprint density at radius 3 is 2.04 bits per heavy atom. The summed E-state index contributed by atoms with van der Waals surface area (Å²) in [6.45, 7) is -0.109. The number of nitrogens with one attached hydrogen (secondary N) is 1. The van der Waals surface area contributed by atoms with Crippen LogP contribution in [0.1, 0.15) is 10.4 Å². The van der Waals surface area contributed by atoms with Crippen LogP contribution in [0.25, 0.3) is 11.1 Å². The zero-order chi connectivity index (χ0) is 18.4. The minimum atomic E-state index is -0.509. The molecule has 2 amide bonds. The van der Waals surface area contributed by atoms with E-state index in [1.165, 1.54) is 0 Å². The number of rotatable bonds is 6. The zero-order valence-electron chi connectivity index (χ0n) is 14.0. The van der Waals surface area contributed by atoms with Crippen LogP contribution in [0.3, 0.4) is 0 Å². The highest BCUT2D eigenvalue weighted by Crippen LogP contribution is 2.22. The van der Waals surface area contributed by atoms with E-state index < -0.39 is 5.91 Å². The topological polar surface area (TPSA) is 81.4 Å². The Balaban J connectivity index is 1.53. The van der Waals surface area contributed by atoms with Crippen LogP contribution in [0.15, 0.2) is 78.9 Å². The molecule has 3 rings (SSSR count). The van der Waals surface area contributed by atoms with E-state index >= 15 is 0 Å². The SMILES string of the molecule is NC(=O)c1ccc(NC(=O)COc2ccc(-c3ccccc3)cc2)cc1. The minimum Gasteiger partial charge on any atom is -0.484 e. The van der Waals surface area contributed by atoms with Crippen molar-refractivity contribution < 1.29 is 14.3 Å². The summed E-state index contributed by atoms with van der Waals surface area (Å²) in [5.41, 5.74) is 8.34. The molecule has 3 N–H and O–H groups in total. The molecule has 0 heterocycles. The monoisotopic (exact) mass is 346 g/mol. The summed E-state index contributed by atoms with van der Waals surface area (Å²) >= 11 is 0. The second-order valence-corrected chi connectivity index (χ2v) is 5.67. The van der Waals surface area contributed by atoms with Gasteiger partial charge in [-0.3, -0.25) is 9.59 Å². The highest BCUT2D eigenvalue weighted by Gasteiger charge is 2.06. The number of anilines is 1. The summed E-state index contributed by atoms with van der Waals surface area (Å²) < 4.78 is 5.51. The molecule has 130 valence electrons. The Bertz CT molecular complexity index is 889. The fourth-order valence-electron chi connectivity index (χ4n) is 2.44. The van der Waals surface area contributed by atoms with Gasteiger partial charge in [0.1, 0.15) is 5.75 Å². The third-order valence-corrected chi connectivity index (χ3v) is 3.78. The van der Waals surface area contributed by atoms with Crippen LogP contribution in [0.2, 0.25) is 0 Å². The lowest BCUT2D eigenvalue weighted by molar-refractivity contribution is -0.118. The van der Waals surface area contributed by atoms with Crippen molar-refractivity contribution in [3.63, 3.8) is 0 Å². The quantitative estimate of drug-likeness (QED) is 0.717. The van der Waals surface area contributed by atoms with Gasteiger partial charge in [0.25, 0.3) is 5.91 Å². The van der Waals surface area contributed by atoms with Crippen LogP contribution in [0.4, 0.5) is 5.69 Å². The molecule has 26 heavy (non-hydrogen) atoms. The Labute approximate surface area is 151 Å². The lowest BCUT2D eigenvalue weighted by atomic mass is 10.1. The molecule has 0 fully saturated rings. The van der Waals surface area contributed by atoms with E-state index in [-0.39, 0.29) is 12.5 Å². The van der Waals surface area contributed by atoms with Gasteiger partial charge in [0, 0.05) is 11.3 Å². The number of hydrogen-bond acceptors (Lipinski definition) is 3. The number of benzene rings is 3. The van der Waals surface area contributed by atoms with Gasteiger partial charge in [0.05, 0.1) is 0 Å². The number of carbonyl (C=O) groups excluding carboxylic acids is 2. The maximum Gasteiger partial charge on any atom is 0.262 e. The van der Waals surface area contributed by atoms with E-state index in [9.17, 15) is 9.59 Å². The van der Waals surface area contributed by atoms with Crippen molar-refractivity contribution in [3.8, 4) is 16.9 Å². The molecule has 0 atom stereocenters. The number of carbonyl (C=O) groups is 2. The summed E-state index contributed by atoms with van der Waals surface area (Å²) in [4.78, 5) is 23.0. The number of primary amides is 1. The van der Waals surface area contributed by atoms with E-state index in [0.29, 0.717) is 17.0 Å². The molecule has 0 aliphatic rings. The molecule has 0 bridgehead atoms. The molecule has 0 aromatic heterocycles. The standard InChI is InChI=1S/C21H18N2O3/c22-21(25)17-6-10-18(11-7-17)23-20(24)14-26-19-12-8-16(9-13-19)15-4-2-1-3-5-15/h1-13H,14H2,(H2,22,25)(H,23,24). The highest BCUT2D eigenvalue weighted by molar-refractivity contribution is 5.95. The Kier molecular flexibility index (Phi) is 5.29. The molecule has 0 aliphatic heterocycles. The van der Waals surface area contributed by atoms with Gasteiger partial charge in [0.2, 0.25) is 5.91 Å². The molecule has 0 saturated carbocycles. The second-order valence-electron chi connectivity index (χ2n) is 5.67. The first-order valence-corrected chi connectivity index (χ1v) is 8.10. The van der Waals surface area contributed by atoms with Crippen LogP contribution in [0.5, 0.6) is 5.75 Å². The number of ether oxygens (including phenoxy) is 1. The van der Waals surface area contributed by atoms with Crippen molar-refractivity contribution in [1.82, 2.24) is 0 Å². The second kappa shape index (κ2) is 7.98. The Hall–Kier alpha value is -3.60. The fraction of sp³-hybridized carbons (Fsp3) is 0.0476. The van der Waals surface area contributed by atoms with Crippen molar-refractivity contribution >= 4 is 17.5 Å². The number of amides is 2. The average molecular weight is 346 g/mol. The molecule has 0 aliphatic carbocycles. The van der Waals surface area contributed by atoms with Gasteiger partial charge in [-0.2, -0.15) is 0 Å². The Morgan fingerprint density at radius 1 is 0.808 bits per heavy atom. The van der Waals surface area contributed by atoms with Gasteiger partial charge >= 0.3 is 0 Å². The van der Waals surface area contributed by atoms with Crippen molar-refractivity contribution in [3.05, 3.63) is 84.4 Å². The molecule has 0 radical (unpaired) electrons. The van der Waals surface area contributed by atoms with Gasteiger partial charge in [-0.15, -0.1) is 0 Å². The summed E-state index contributed by atoms with van der Waals surface area (Å²) in [5.74, 6) is -0.182. The van der Waals surface area contributed by atoms with Gasteiger partial charge < -0.3 is 15.8 Å². The highest BCUT2D eigenvalue weighted by atomic mass is 16.5. The van der Waals surface area contributed by atoms with E-state index in [0.717, 1.165) is 11.1 Å². The summed E-state index contributed by atoms with van der Waals surface area (Å²) in [7, 11) is 0. The van der Waals surface area contributed by atoms with Gasteiger partial charge in [-0.05, 0) is 47.5 Å². The van der Waals surface area contributed by atoms with Crippen LogP contribution in [-0.2, 0) is 4.79 Å². The lowest BCUT2D eigenvalue weighted by Crippen LogP contribution is -2.20. The van der Waals surface area contributed by atoms with Gasteiger partial charge in [-0.1, -0.05) is 42.5 Å². The first-order chi connectivity index (χ1) is 12.6. The maximum atomic E-state index is 12.0. The zero-order valence-corrected chi connectivity index (χ0v) is 14.0. The van der Waals surface area contributed by atoms with Crippen molar-refractivity contribution in [1.29, 1.82) is 0 Å². The molecule has 0 unspecified atom stereocenters. The van der Waals surface area contributed by atoms with E-state index in [2.05, 4.69) is 5.32 Å². The minimum absolute atomic E-state index is 0.109. The van der Waals surface area contributed by atoms with Crippen molar-refractivity contribution in [2.45, 2.75) is 0 Å². The van der Waals surface area contributed by atoms with Gasteiger partial charge in [-0.25, -0.2) is 0 Å². The van der Waals surface area contributed by atoms with Gasteiger partial charge in [0.15, 0.2) is 6.61 Å². The summed E-state index contributed by atoms with van der Waals surface area (Å²) in [6, 6.07) is 23.9. The smallest absolute Gasteiger partial charge is 0.262 e. The maximum absolute atomic E-state index is 12.0. The molecule has 5 heteroatoms. The first-order valence-electron chi connectivity index (χ1n) is 8.10. The van der Waals surface area contributed by atoms with E-state index in [1.807, 2.05) is 54.6 Å². The lowest BCUT2D eigenvalue weighted by Gasteiger charge is -2.09. The molecule has 0 spiro atoms. The van der Waals surface area contributed by atoms with Crippen molar-refractivity contribution in [2.75, 3.05) is 11.9 Å². The first kappa shape index (κ1) is 17.2. The van der Waals surface area contributed by atoms with Crippen LogP contribution in [0, 0.1) is 0 Å². The van der Waals surface area contributed by atoms with E-state index in [4.69, 9.17) is 10.5 Å². The number of nitrogens with two attached hydrogens (primary N) is 1. The van der Waals surface area contributed by atoms with Crippen molar-refractivity contribution in [2.24, 2.45) is 5.73 Å². The predicted molar refractivity (Wildman–Crippen MR) is 101 cm³/mol. The molecular formula is C21H18N2O3. The third-order valence-electron chi connectivity index (χ3n) is 3.78. The van der Waals surface area contributed by atoms with Crippen LogP contribution >= 0.6 is 0 Å². The molecule has 0 saturated heterocycles. The third kappa shape index (κ3) is 4.48.